The van der Waals surface area contributed by atoms with E-state index in [0.717, 1.165) is 25.7 Å². The van der Waals surface area contributed by atoms with Crippen molar-refractivity contribution in [1.82, 2.24) is 0 Å². The average molecular weight is 200 g/mol. The second-order valence-electron chi connectivity index (χ2n) is 3.88. The van der Waals surface area contributed by atoms with Crippen LogP contribution >= 0.6 is 0 Å². The molecule has 0 spiro atoms. The molecular formula is C10H16O4. The third-order valence-corrected chi connectivity index (χ3v) is 2.83. The minimum Gasteiger partial charge on any atom is -0.467 e. The van der Waals surface area contributed by atoms with Gasteiger partial charge in [0, 0.05) is 5.41 Å². The molecule has 0 N–H and O–H groups in total. The first kappa shape index (κ1) is 11.0. The molecule has 1 saturated carbocycles. The van der Waals surface area contributed by atoms with Gasteiger partial charge in [0.15, 0.2) is 0 Å². The van der Waals surface area contributed by atoms with E-state index in [1.54, 1.807) is 0 Å². The molecule has 0 atom stereocenters. The number of hydrogen-bond acceptors (Lipinski definition) is 4. The summed E-state index contributed by atoms with van der Waals surface area (Å²) >= 11 is 0. The van der Waals surface area contributed by atoms with Gasteiger partial charge in [-0.2, -0.15) is 0 Å². The normalized spacial score (nSPS) is 19.7. The third-order valence-electron chi connectivity index (χ3n) is 2.83. The molecule has 1 aliphatic rings. The van der Waals surface area contributed by atoms with E-state index in [4.69, 9.17) is 9.47 Å². The van der Waals surface area contributed by atoms with Crippen LogP contribution in [0.15, 0.2) is 0 Å². The summed E-state index contributed by atoms with van der Waals surface area (Å²) in [6, 6.07) is 0. The maximum atomic E-state index is 10.1. The summed E-state index contributed by atoms with van der Waals surface area (Å²) in [5, 5.41) is 0. The summed E-state index contributed by atoms with van der Waals surface area (Å²) < 4.78 is 9.59. The van der Waals surface area contributed by atoms with E-state index < -0.39 is 0 Å². The molecule has 0 radical (unpaired) electrons. The number of hydrogen-bond donors (Lipinski definition) is 0. The van der Waals surface area contributed by atoms with Crippen LogP contribution in [0.2, 0.25) is 0 Å². The molecule has 0 amide bonds. The summed E-state index contributed by atoms with van der Waals surface area (Å²) in [4.78, 5) is 20.3. The predicted molar refractivity (Wildman–Crippen MR) is 49.6 cm³/mol. The van der Waals surface area contributed by atoms with E-state index in [9.17, 15) is 9.59 Å². The highest BCUT2D eigenvalue weighted by Crippen LogP contribution is 2.36. The first-order valence-corrected chi connectivity index (χ1v) is 4.93. The zero-order valence-corrected chi connectivity index (χ0v) is 8.24. The largest absolute Gasteiger partial charge is 0.467 e. The van der Waals surface area contributed by atoms with Crippen LogP contribution in [0.1, 0.15) is 32.1 Å². The highest BCUT2D eigenvalue weighted by molar-refractivity contribution is 5.37. The molecule has 0 heterocycles. The Bertz CT molecular complexity index is 171. The van der Waals surface area contributed by atoms with Crippen molar-refractivity contribution < 1.29 is 19.1 Å². The lowest BCUT2D eigenvalue weighted by Gasteiger charge is -2.34. The quantitative estimate of drug-likeness (QED) is 0.606. The van der Waals surface area contributed by atoms with E-state index in [1.165, 1.54) is 6.42 Å². The van der Waals surface area contributed by atoms with Gasteiger partial charge >= 0.3 is 0 Å². The molecular weight excluding hydrogens is 184 g/mol. The number of ether oxygens (including phenoxy) is 2. The molecule has 4 heteroatoms. The maximum Gasteiger partial charge on any atom is 0.293 e. The molecule has 0 aromatic rings. The molecule has 0 unspecified atom stereocenters. The van der Waals surface area contributed by atoms with Gasteiger partial charge in [-0.25, -0.2) is 0 Å². The van der Waals surface area contributed by atoms with Crippen LogP contribution in [0.3, 0.4) is 0 Å². The Balaban J connectivity index is 2.46. The van der Waals surface area contributed by atoms with Crippen molar-refractivity contribution in [3.63, 3.8) is 0 Å². The summed E-state index contributed by atoms with van der Waals surface area (Å²) in [6.45, 7) is 1.64. The fraction of sp³-hybridized carbons (Fsp3) is 0.800. The molecule has 0 aliphatic heterocycles. The Morgan fingerprint density at radius 2 is 1.43 bits per heavy atom. The van der Waals surface area contributed by atoms with Gasteiger partial charge in [-0.05, 0) is 12.8 Å². The van der Waals surface area contributed by atoms with Crippen molar-refractivity contribution in [1.29, 1.82) is 0 Å². The van der Waals surface area contributed by atoms with Crippen molar-refractivity contribution in [2.45, 2.75) is 32.1 Å². The molecule has 1 aliphatic carbocycles. The van der Waals surface area contributed by atoms with Crippen LogP contribution in [0.4, 0.5) is 0 Å². The summed E-state index contributed by atoms with van der Waals surface area (Å²) in [5.41, 5.74) is -0.125. The van der Waals surface area contributed by atoms with E-state index in [0.29, 0.717) is 26.2 Å². The Labute approximate surface area is 83.6 Å². The van der Waals surface area contributed by atoms with Gasteiger partial charge in [-0.1, -0.05) is 19.3 Å². The molecule has 0 bridgehead atoms. The standard InChI is InChI=1S/C10H16O4/c11-8-13-6-10(7-14-9-12)4-2-1-3-5-10/h8-9H,1-7H2. The van der Waals surface area contributed by atoms with Gasteiger partial charge in [0.05, 0.1) is 13.2 Å². The van der Waals surface area contributed by atoms with Crippen molar-refractivity contribution >= 4 is 12.9 Å². The molecule has 14 heavy (non-hydrogen) atoms. The van der Waals surface area contributed by atoms with Gasteiger partial charge in [0.1, 0.15) is 0 Å². The molecule has 1 rings (SSSR count). The van der Waals surface area contributed by atoms with Crippen LogP contribution in [-0.2, 0) is 19.1 Å². The highest BCUT2D eigenvalue weighted by Gasteiger charge is 2.33. The van der Waals surface area contributed by atoms with Gasteiger partial charge in [-0.3, -0.25) is 9.59 Å². The smallest absolute Gasteiger partial charge is 0.293 e. The van der Waals surface area contributed by atoms with Crippen LogP contribution in [0.25, 0.3) is 0 Å². The van der Waals surface area contributed by atoms with Crippen LogP contribution in [0.5, 0.6) is 0 Å². The Hall–Kier alpha value is -1.06. The first-order chi connectivity index (χ1) is 6.83. The summed E-state index contributed by atoms with van der Waals surface area (Å²) in [5.74, 6) is 0. The fourth-order valence-corrected chi connectivity index (χ4v) is 2.05. The number of carbonyl (C=O) groups is 2. The Morgan fingerprint density at radius 1 is 0.929 bits per heavy atom. The number of rotatable bonds is 6. The second kappa shape index (κ2) is 5.62. The minimum atomic E-state index is -0.125. The van der Waals surface area contributed by atoms with Crippen LogP contribution in [0, 0.1) is 5.41 Å². The van der Waals surface area contributed by atoms with E-state index in [1.807, 2.05) is 0 Å². The fourth-order valence-electron chi connectivity index (χ4n) is 2.05. The van der Waals surface area contributed by atoms with Gasteiger partial charge in [-0.15, -0.1) is 0 Å². The Kier molecular flexibility index (Phi) is 4.43. The SMILES string of the molecule is O=COCC1(COC=O)CCCCC1. The zero-order chi connectivity index (χ0) is 10.3. The van der Waals surface area contributed by atoms with E-state index >= 15 is 0 Å². The minimum absolute atomic E-state index is 0.125. The average Bonchev–Trinajstić information content (AvgIpc) is 2.25. The zero-order valence-electron chi connectivity index (χ0n) is 8.24. The van der Waals surface area contributed by atoms with Gasteiger partial charge in [0.25, 0.3) is 12.9 Å². The lowest BCUT2D eigenvalue weighted by molar-refractivity contribution is -0.140. The molecule has 0 aromatic heterocycles. The van der Waals surface area contributed by atoms with Crippen LogP contribution < -0.4 is 0 Å². The first-order valence-electron chi connectivity index (χ1n) is 4.93. The third kappa shape index (κ3) is 3.01. The monoisotopic (exact) mass is 200 g/mol. The van der Waals surface area contributed by atoms with E-state index in [2.05, 4.69) is 0 Å². The highest BCUT2D eigenvalue weighted by atomic mass is 16.5. The van der Waals surface area contributed by atoms with Gasteiger partial charge < -0.3 is 9.47 Å². The van der Waals surface area contributed by atoms with Crippen molar-refractivity contribution in [3.8, 4) is 0 Å². The van der Waals surface area contributed by atoms with Crippen LogP contribution in [-0.4, -0.2) is 26.2 Å². The molecule has 1 fully saturated rings. The molecule has 0 saturated heterocycles. The van der Waals surface area contributed by atoms with Crippen molar-refractivity contribution in [2.24, 2.45) is 5.41 Å². The predicted octanol–water partition coefficient (Wildman–Crippen LogP) is 1.28. The number of carbonyl (C=O) groups excluding carboxylic acids is 2. The lowest BCUT2D eigenvalue weighted by Crippen LogP contribution is -2.34. The van der Waals surface area contributed by atoms with Crippen molar-refractivity contribution in [3.05, 3.63) is 0 Å². The summed E-state index contributed by atoms with van der Waals surface area (Å²) in [6.07, 6.45) is 5.38. The Morgan fingerprint density at radius 3 is 1.86 bits per heavy atom. The molecule has 4 nitrogen and oxygen atoms in total. The lowest BCUT2D eigenvalue weighted by atomic mass is 9.75. The molecule has 0 aromatic carbocycles. The maximum absolute atomic E-state index is 10.1. The van der Waals surface area contributed by atoms with Gasteiger partial charge in [0.2, 0.25) is 0 Å². The molecule has 80 valence electrons. The van der Waals surface area contributed by atoms with E-state index in [-0.39, 0.29) is 5.41 Å². The second-order valence-corrected chi connectivity index (χ2v) is 3.88. The van der Waals surface area contributed by atoms with Crippen molar-refractivity contribution in [2.75, 3.05) is 13.2 Å². The summed E-state index contributed by atoms with van der Waals surface area (Å²) in [7, 11) is 0. The topological polar surface area (TPSA) is 52.6 Å².